The number of phenols is 1. The number of phenolic OH excluding ortho intramolecular Hbond substituents is 1. The minimum absolute atomic E-state index is 0.154. The van der Waals surface area contributed by atoms with Crippen LogP contribution in [0.15, 0.2) is 18.2 Å². The number of nitrogens with one attached hydrogen (secondary N) is 1. The minimum atomic E-state index is -0.306. The van der Waals surface area contributed by atoms with E-state index < -0.39 is 0 Å². The summed E-state index contributed by atoms with van der Waals surface area (Å²) in [7, 11) is 0. The van der Waals surface area contributed by atoms with Crippen LogP contribution in [-0.4, -0.2) is 36.2 Å². The molecule has 1 heterocycles. The zero-order chi connectivity index (χ0) is 13.7. The van der Waals surface area contributed by atoms with E-state index in [1.807, 2.05) is 0 Å². The van der Waals surface area contributed by atoms with Crippen LogP contribution in [0.5, 0.6) is 5.75 Å². The van der Waals surface area contributed by atoms with Gasteiger partial charge in [0.15, 0.2) is 0 Å². The van der Waals surface area contributed by atoms with Gasteiger partial charge in [0.05, 0.1) is 0 Å². The Hall–Kier alpha value is -1.13. The zero-order valence-electron chi connectivity index (χ0n) is 11.5. The van der Waals surface area contributed by atoms with Crippen molar-refractivity contribution in [2.24, 2.45) is 5.92 Å². The normalized spacial score (nSPS) is 17.8. The van der Waals surface area contributed by atoms with E-state index in [4.69, 9.17) is 0 Å². The van der Waals surface area contributed by atoms with Crippen LogP contribution in [0.1, 0.15) is 25.3 Å². The van der Waals surface area contributed by atoms with Gasteiger partial charge in [-0.3, -0.25) is 0 Å². The van der Waals surface area contributed by atoms with Gasteiger partial charge in [0.2, 0.25) is 0 Å². The first-order chi connectivity index (χ1) is 9.15. The second kappa shape index (κ2) is 6.87. The summed E-state index contributed by atoms with van der Waals surface area (Å²) in [6.07, 6.45) is 2.63. The quantitative estimate of drug-likeness (QED) is 0.829. The maximum absolute atomic E-state index is 13.1. The second-order valence-corrected chi connectivity index (χ2v) is 5.52. The van der Waals surface area contributed by atoms with Gasteiger partial charge in [-0.1, -0.05) is 6.92 Å². The Morgan fingerprint density at radius 1 is 1.37 bits per heavy atom. The van der Waals surface area contributed by atoms with Crippen LogP contribution >= 0.6 is 0 Å². The lowest BCUT2D eigenvalue weighted by Crippen LogP contribution is -2.31. The third kappa shape index (κ3) is 4.48. The standard InChI is InChI=1S/C15H23FN2O/c1-12(11-18-6-2-3-7-18)9-17-10-13-8-14(16)4-5-15(13)19/h4-5,8,12,17,19H,2-3,6-7,9-11H2,1H3. The summed E-state index contributed by atoms with van der Waals surface area (Å²) in [6.45, 7) is 7.16. The van der Waals surface area contributed by atoms with Crippen molar-refractivity contribution in [1.29, 1.82) is 0 Å². The lowest BCUT2D eigenvalue weighted by atomic mass is 10.1. The van der Waals surface area contributed by atoms with Gasteiger partial charge in [0.1, 0.15) is 11.6 Å². The number of aromatic hydroxyl groups is 1. The lowest BCUT2D eigenvalue weighted by Gasteiger charge is -2.20. The number of likely N-dealkylation sites (tertiary alicyclic amines) is 1. The van der Waals surface area contributed by atoms with Gasteiger partial charge in [-0.05, 0) is 56.6 Å². The first kappa shape index (κ1) is 14.3. The highest BCUT2D eigenvalue weighted by molar-refractivity contribution is 5.32. The molecule has 1 aliphatic rings. The Morgan fingerprint density at radius 3 is 2.84 bits per heavy atom. The van der Waals surface area contributed by atoms with Gasteiger partial charge in [-0.15, -0.1) is 0 Å². The molecule has 1 atom stereocenters. The van der Waals surface area contributed by atoms with E-state index in [0.29, 0.717) is 18.0 Å². The Bertz CT molecular complexity index is 405. The summed E-state index contributed by atoms with van der Waals surface area (Å²) in [6, 6.07) is 4.06. The SMILES string of the molecule is CC(CNCc1cc(F)ccc1O)CN1CCCC1. The zero-order valence-corrected chi connectivity index (χ0v) is 11.5. The van der Waals surface area contributed by atoms with Crippen molar-refractivity contribution in [2.45, 2.75) is 26.3 Å². The monoisotopic (exact) mass is 266 g/mol. The van der Waals surface area contributed by atoms with Crippen molar-refractivity contribution < 1.29 is 9.50 Å². The summed E-state index contributed by atoms with van der Waals surface area (Å²) >= 11 is 0. The molecule has 0 radical (unpaired) electrons. The topological polar surface area (TPSA) is 35.5 Å². The summed E-state index contributed by atoms with van der Waals surface area (Å²) in [4.78, 5) is 2.49. The molecule has 0 bridgehead atoms. The second-order valence-electron chi connectivity index (χ2n) is 5.52. The smallest absolute Gasteiger partial charge is 0.123 e. The average molecular weight is 266 g/mol. The van der Waals surface area contributed by atoms with Gasteiger partial charge in [-0.25, -0.2) is 4.39 Å². The van der Waals surface area contributed by atoms with Crippen molar-refractivity contribution in [3.8, 4) is 5.75 Å². The summed E-state index contributed by atoms with van der Waals surface area (Å²) in [5.74, 6) is 0.412. The maximum atomic E-state index is 13.1. The first-order valence-electron chi connectivity index (χ1n) is 7.05. The fourth-order valence-corrected chi connectivity index (χ4v) is 2.62. The predicted molar refractivity (Wildman–Crippen MR) is 74.6 cm³/mol. The Labute approximate surface area is 114 Å². The molecule has 106 valence electrons. The average Bonchev–Trinajstić information content (AvgIpc) is 2.86. The number of halogens is 1. The van der Waals surface area contributed by atoms with Crippen LogP contribution in [0.3, 0.4) is 0 Å². The van der Waals surface area contributed by atoms with E-state index >= 15 is 0 Å². The molecular formula is C15H23FN2O. The first-order valence-corrected chi connectivity index (χ1v) is 7.05. The Morgan fingerprint density at radius 2 is 2.11 bits per heavy atom. The molecule has 0 amide bonds. The van der Waals surface area contributed by atoms with Crippen molar-refractivity contribution in [3.05, 3.63) is 29.6 Å². The molecule has 0 spiro atoms. The molecule has 4 heteroatoms. The van der Waals surface area contributed by atoms with Gasteiger partial charge in [-0.2, -0.15) is 0 Å². The van der Waals surface area contributed by atoms with Crippen LogP contribution in [0, 0.1) is 11.7 Å². The van der Waals surface area contributed by atoms with Crippen LogP contribution in [-0.2, 0) is 6.54 Å². The van der Waals surface area contributed by atoms with E-state index in [-0.39, 0.29) is 11.6 Å². The highest BCUT2D eigenvalue weighted by Gasteiger charge is 2.14. The van der Waals surface area contributed by atoms with E-state index in [2.05, 4.69) is 17.1 Å². The van der Waals surface area contributed by atoms with E-state index in [0.717, 1.165) is 13.1 Å². The molecule has 3 nitrogen and oxygen atoms in total. The molecule has 1 aromatic carbocycles. The molecule has 0 aromatic heterocycles. The molecule has 2 N–H and O–H groups in total. The van der Waals surface area contributed by atoms with Gasteiger partial charge < -0.3 is 15.3 Å². The van der Waals surface area contributed by atoms with E-state index in [9.17, 15) is 9.50 Å². The molecule has 1 unspecified atom stereocenters. The van der Waals surface area contributed by atoms with Crippen LogP contribution in [0.4, 0.5) is 4.39 Å². The highest BCUT2D eigenvalue weighted by Crippen LogP contribution is 2.17. The molecular weight excluding hydrogens is 243 g/mol. The van der Waals surface area contributed by atoms with Crippen molar-refractivity contribution in [3.63, 3.8) is 0 Å². The third-order valence-electron chi connectivity index (χ3n) is 3.62. The number of hydrogen-bond acceptors (Lipinski definition) is 3. The summed E-state index contributed by atoms with van der Waals surface area (Å²) < 4.78 is 13.1. The molecule has 0 saturated carbocycles. The third-order valence-corrected chi connectivity index (χ3v) is 3.62. The van der Waals surface area contributed by atoms with Crippen LogP contribution in [0.25, 0.3) is 0 Å². The molecule has 19 heavy (non-hydrogen) atoms. The van der Waals surface area contributed by atoms with Crippen molar-refractivity contribution >= 4 is 0 Å². The number of rotatable bonds is 6. The largest absolute Gasteiger partial charge is 0.508 e. The van der Waals surface area contributed by atoms with Crippen molar-refractivity contribution in [1.82, 2.24) is 10.2 Å². The molecule has 1 saturated heterocycles. The van der Waals surface area contributed by atoms with Gasteiger partial charge in [0.25, 0.3) is 0 Å². The summed E-state index contributed by atoms with van der Waals surface area (Å²) in [5.41, 5.74) is 0.619. The lowest BCUT2D eigenvalue weighted by molar-refractivity contribution is 0.282. The molecule has 0 aliphatic carbocycles. The van der Waals surface area contributed by atoms with Crippen LogP contribution in [0.2, 0.25) is 0 Å². The Kier molecular flexibility index (Phi) is 5.16. The van der Waals surface area contributed by atoms with Gasteiger partial charge >= 0.3 is 0 Å². The van der Waals surface area contributed by atoms with Crippen molar-refractivity contribution in [2.75, 3.05) is 26.2 Å². The van der Waals surface area contributed by atoms with E-state index in [1.165, 1.54) is 44.1 Å². The molecule has 1 aromatic rings. The number of hydrogen-bond donors (Lipinski definition) is 2. The maximum Gasteiger partial charge on any atom is 0.123 e. The predicted octanol–water partition coefficient (Wildman–Crippen LogP) is 2.35. The van der Waals surface area contributed by atoms with Gasteiger partial charge in [0, 0.05) is 18.7 Å². The Balaban J connectivity index is 1.71. The number of nitrogens with zero attached hydrogens (tertiary/aromatic N) is 1. The fraction of sp³-hybridized carbons (Fsp3) is 0.600. The van der Waals surface area contributed by atoms with Crippen LogP contribution < -0.4 is 5.32 Å². The highest BCUT2D eigenvalue weighted by atomic mass is 19.1. The fourth-order valence-electron chi connectivity index (χ4n) is 2.62. The molecule has 1 fully saturated rings. The van der Waals surface area contributed by atoms with E-state index in [1.54, 1.807) is 0 Å². The summed E-state index contributed by atoms with van der Waals surface area (Å²) in [5, 5.41) is 12.9. The number of benzene rings is 1. The minimum Gasteiger partial charge on any atom is -0.508 e. The molecule has 2 rings (SSSR count). The molecule has 1 aliphatic heterocycles.